The Morgan fingerprint density at radius 2 is 1.82 bits per heavy atom. The Bertz CT molecular complexity index is 523. The fraction of sp³-hybridized carbons (Fsp3) is 0.308. The van der Waals surface area contributed by atoms with Crippen LogP contribution >= 0.6 is 0 Å². The Morgan fingerprint density at radius 3 is 2.29 bits per heavy atom. The lowest BCUT2D eigenvalue weighted by atomic mass is 10.00. The molecule has 0 saturated heterocycles. The van der Waals surface area contributed by atoms with E-state index in [1.165, 1.54) is 12.1 Å². The summed E-state index contributed by atoms with van der Waals surface area (Å²) in [5.41, 5.74) is 1.47. The second-order valence-electron chi connectivity index (χ2n) is 4.59. The molecular formula is C13H15FN2O. The number of nitrogens with zero attached hydrogens (tertiary/aromatic N) is 2. The van der Waals surface area contributed by atoms with Crippen LogP contribution in [0, 0.1) is 12.7 Å². The summed E-state index contributed by atoms with van der Waals surface area (Å²) < 4.78 is 14.5. The van der Waals surface area contributed by atoms with Crippen molar-refractivity contribution in [2.45, 2.75) is 26.4 Å². The molecule has 90 valence electrons. The summed E-state index contributed by atoms with van der Waals surface area (Å²) in [6, 6.07) is 6.09. The molecule has 0 aliphatic rings. The van der Waals surface area contributed by atoms with Crippen LogP contribution in [-0.4, -0.2) is 14.9 Å². The van der Waals surface area contributed by atoms with Crippen molar-refractivity contribution < 1.29 is 9.50 Å². The first-order valence-corrected chi connectivity index (χ1v) is 5.43. The molecule has 0 bridgehead atoms. The van der Waals surface area contributed by atoms with Gasteiger partial charge in [-0.25, -0.2) is 9.07 Å². The van der Waals surface area contributed by atoms with Crippen LogP contribution in [0.3, 0.4) is 0 Å². The third-order valence-electron chi connectivity index (χ3n) is 2.74. The Morgan fingerprint density at radius 1 is 1.24 bits per heavy atom. The summed E-state index contributed by atoms with van der Waals surface area (Å²) in [5, 5.41) is 14.2. The van der Waals surface area contributed by atoms with E-state index in [0.29, 0.717) is 0 Å². The van der Waals surface area contributed by atoms with Crippen LogP contribution in [0.5, 0.6) is 0 Å². The smallest absolute Gasteiger partial charge is 0.123 e. The fourth-order valence-electron chi connectivity index (χ4n) is 1.85. The van der Waals surface area contributed by atoms with Gasteiger partial charge in [-0.1, -0.05) is 0 Å². The number of halogens is 1. The van der Waals surface area contributed by atoms with Gasteiger partial charge < -0.3 is 5.11 Å². The standard InChI is InChI=1S/C13H15FN2O/c1-9-12(13(2,3)17)8-15-16(9)11-6-4-10(14)5-7-11/h4-8,17H,1-3H3. The van der Waals surface area contributed by atoms with Crippen LogP contribution < -0.4 is 0 Å². The van der Waals surface area contributed by atoms with Crippen LogP contribution in [0.4, 0.5) is 4.39 Å². The summed E-state index contributed by atoms with van der Waals surface area (Å²) in [5.74, 6) is -0.277. The van der Waals surface area contributed by atoms with E-state index in [1.54, 1.807) is 36.9 Å². The fourth-order valence-corrected chi connectivity index (χ4v) is 1.85. The van der Waals surface area contributed by atoms with E-state index in [4.69, 9.17) is 0 Å². The summed E-state index contributed by atoms with van der Waals surface area (Å²) in [6.07, 6.45) is 1.64. The molecule has 3 nitrogen and oxygen atoms in total. The molecule has 0 radical (unpaired) electrons. The van der Waals surface area contributed by atoms with Crippen LogP contribution in [0.25, 0.3) is 5.69 Å². The molecule has 0 saturated carbocycles. The first-order chi connectivity index (χ1) is 7.89. The lowest BCUT2D eigenvalue weighted by Gasteiger charge is -2.16. The van der Waals surface area contributed by atoms with E-state index in [0.717, 1.165) is 16.9 Å². The molecule has 1 N–H and O–H groups in total. The molecule has 4 heteroatoms. The highest BCUT2D eigenvalue weighted by Gasteiger charge is 2.22. The second kappa shape index (κ2) is 3.96. The SMILES string of the molecule is Cc1c(C(C)(C)O)cnn1-c1ccc(F)cc1. The minimum absolute atomic E-state index is 0.277. The minimum Gasteiger partial charge on any atom is -0.386 e. The molecule has 2 aromatic rings. The van der Waals surface area contributed by atoms with Gasteiger partial charge in [0.1, 0.15) is 5.82 Å². The van der Waals surface area contributed by atoms with E-state index < -0.39 is 5.60 Å². The van der Waals surface area contributed by atoms with Gasteiger partial charge in [-0.2, -0.15) is 5.10 Å². The van der Waals surface area contributed by atoms with Gasteiger partial charge in [0.25, 0.3) is 0 Å². The molecule has 1 aromatic carbocycles. The predicted octanol–water partition coefficient (Wildman–Crippen LogP) is 2.55. The average Bonchev–Trinajstić information content (AvgIpc) is 2.61. The first-order valence-electron chi connectivity index (χ1n) is 5.43. The molecule has 1 heterocycles. The Kier molecular flexibility index (Phi) is 2.75. The maximum absolute atomic E-state index is 12.8. The van der Waals surface area contributed by atoms with Gasteiger partial charge in [-0.05, 0) is 45.0 Å². The van der Waals surface area contributed by atoms with E-state index >= 15 is 0 Å². The molecule has 0 fully saturated rings. The van der Waals surface area contributed by atoms with Gasteiger partial charge in [0.2, 0.25) is 0 Å². The second-order valence-corrected chi connectivity index (χ2v) is 4.59. The summed E-state index contributed by atoms with van der Waals surface area (Å²) in [6.45, 7) is 5.31. The Hall–Kier alpha value is -1.68. The van der Waals surface area contributed by atoms with Crippen molar-refractivity contribution in [1.29, 1.82) is 0 Å². The molecule has 0 atom stereocenters. The molecule has 0 spiro atoms. The lowest BCUT2D eigenvalue weighted by Crippen LogP contribution is -2.16. The van der Waals surface area contributed by atoms with Crippen molar-refractivity contribution in [2.75, 3.05) is 0 Å². The number of aliphatic hydroxyl groups is 1. The maximum Gasteiger partial charge on any atom is 0.123 e. The number of aromatic nitrogens is 2. The summed E-state index contributed by atoms with van der Waals surface area (Å²) in [4.78, 5) is 0. The highest BCUT2D eigenvalue weighted by Crippen LogP contribution is 2.24. The molecule has 1 aromatic heterocycles. The molecule has 0 aliphatic carbocycles. The van der Waals surface area contributed by atoms with Crippen LogP contribution in [0.1, 0.15) is 25.1 Å². The van der Waals surface area contributed by atoms with Crippen molar-refractivity contribution >= 4 is 0 Å². The van der Waals surface area contributed by atoms with Crippen LogP contribution in [-0.2, 0) is 5.60 Å². The Balaban J connectivity index is 2.48. The molecular weight excluding hydrogens is 219 g/mol. The van der Waals surface area contributed by atoms with Gasteiger partial charge in [-0.3, -0.25) is 0 Å². The molecule has 0 unspecified atom stereocenters. The van der Waals surface area contributed by atoms with Crippen molar-refractivity contribution in [3.8, 4) is 5.69 Å². The van der Waals surface area contributed by atoms with Gasteiger partial charge >= 0.3 is 0 Å². The zero-order valence-corrected chi connectivity index (χ0v) is 10.1. The highest BCUT2D eigenvalue weighted by atomic mass is 19.1. The topological polar surface area (TPSA) is 38.1 Å². The average molecular weight is 234 g/mol. The number of hydrogen-bond donors (Lipinski definition) is 1. The van der Waals surface area contributed by atoms with E-state index in [-0.39, 0.29) is 5.82 Å². The molecule has 17 heavy (non-hydrogen) atoms. The van der Waals surface area contributed by atoms with E-state index in [9.17, 15) is 9.50 Å². The predicted molar refractivity (Wildman–Crippen MR) is 63.5 cm³/mol. The first kappa shape index (κ1) is 11.8. The number of rotatable bonds is 2. The van der Waals surface area contributed by atoms with Crippen molar-refractivity contribution in [2.24, 2.45) is 0 Å². The van der Waals surface area contributed by atoms with Gasteiger partial charge in [0, 0.05) is 11.3 Å². The third kappa shape index (κ3) is 2.22. The third-order valence-corrected chi connectivity index (χ3v) is 2.74. The van der Waals surface area contributed by atoms with Gasteiger partial charge in [-0.15, -0.1) is 0 Å². The van der Waals surface area contributed by atoms with Crippen molar-refractivity contribution in [3.63, 3.8) is 0 Å². The maximum atomic E-state index is 12.8. The Labute approximate surface area is 99.5 Å². The van der Waals surface area contributed by atoms with Gasteiger partial charge in [0.05, 0.1) is 17.5 Å². The van der Waals surface area contributed by atoms with Crippen molar-refractivity contribution in [3.05, 3.63) is 47.5 Å². The van der Waals surface area contributed by atoms with Crippen molar-refractivity contribution in [1.82, 2.24) is 9.78 Å². The zero-order chi connectivity index (χ0) is 12.6. The van der Waals surface area contributed by atoms with E-state index in [2.05, 4.69) is 5.10 Å². The largest absolute Gasteiger partial charge is 0.386 e. The normalized spacial score (nSPS) is 11.8. The monoisotopic (exact) mass is 234 g/mol. The summed E-state index contributed by atoms with van der Waals surface area (Å²) >= 11 is 0. The summed E-state index contributed by atoms with van der Waals surface area (Å²) in [7, 11) is 0. The van der Waals surface area contributed by atoms with Crippen LogP contribution in [0.2, 0.25) is 0 Å². The van der Waals surface area contributed by atoms with E-state index in [1.807, 2.05) is 6.92 Å². The number of benzene rings is 1. The molecule has 0 aliphatic heterocycles. The zero-order valence-electron chi connectivity index (χ0n) is 10.1. The lowest BCUT2D eigenvalue weighted by molar-refractivity contribution is 0.0779. The quantitative estimate of drug-likeness (QED) is 0.867. The highest BCUT2D eigenvalue weighted by molar-refractivity contribution is 5.36. The molecule has 0 amide bonds. The van der Waals surface area contributed by atoms with Gasteiger partial charge in [0.15, 0.2) is 0 Å². The van der Waals surface area contributed by atoms with Crippen LogP contribution in [0.15, 0.2) is 30.5 Å². The molecule has 2 rings (SSSR count). The number of hydrogen-bond acceptors (Lipinski definition) is 2. The minimum atomic E-state index is -0.928.